The lowest BCUT2D eigenvalue weighted by molar-refractivity contribution is -0.142. The number of ether oxygens (including phenoxy) is 2. The number of hydrogen-bond donors (Lipinski definition) is 1. The lowest BCUT2D eigenvalue weighted by Crippen LogP contribution is -2.29. The van der Waals surface area contributed by atoms with Crippen LogP contribution in [-0.2, 0) is 9.47 Å². The molecule has 0 aliphatic rings. The average Bonchev–Trinajstić information content (AvgIpc) is 2.37. The van der Waals surface area contributed by atoms with E-state index in [0.29, 0.717) is 19.6 Å². The number of hydrogen-bond acceptors (Lipinski definition) is 3. The summed E-state index contributed by atoms with van der Waals surface area (Å²) in [7, 11) is 0. The highest BCUT2D eigenvalue weighted by atomic mass is 35.5. The van der Waals surface area contributed by atoms with Crippen molar-refractivity contribution in [1.29, 1.82) is 0 Å². The van der Waals surface area contributed by atoms with E-state index in [1.165, 1.54) is 0 Å². The first-order valence-corrected chi connectivity index (χ1v) is 6.80. The van der Waals surface area contributed by atoms with Gasteiger partial charge in [0, 0.05) is 25.6 Å². The Morgan fingerprint density at radius 3 is 2.11 bits per heavy atom. The second kappa shape index (κ2) is 8.48. The zero-order valence-electron chi connectivity index (χ0n) is 11.0. The largest absolute Gasteiger partial charge is 0.353 e. The second-order valence-corrected chi connectivity index (χ2v) is 4.54. The number of halogens is 1. The quantitative estimate of drug-likeness (QED) is 0.449. The van der Waals surface area contributed by atoms with Gasteiger partial charge in [-0.15, -0.1) is 11.6 Å². The van der Waals surface area contributed by atoms with E-state index in [1.807, 2.05) is 44.2 Å². The molecule has 1 rings (SSSR count). The molecule has 4 heteroatoms. The van der Waals surface area contributed by atoms with Gasteiger partial charge in [0.05, 0.1) is 5.50 Å². The predicted molar refractivity (Wildman–Crippen MR) is 74.7 cm³/mol. The van der Waals surface area contributed by atoms with E-state index in [9.17, 15) is 0 Å². The summed E-state index contributed by atoms with van der Waals surface area (Å²) in [5.74, 6) is 0.0240. The summed E-state index contributed by atoms with van der Waals surface area (Å²) in [5.41, 5.74) is 6.53. The van der Waals surface area contributed by atoms with Gasteiger partial charge in [-0.3, -0.25) is 0 Å². The number of benzene rings is 1. The van der Waals surface area contributed by atoms with E-state index >= 15 is 0 Å². The Kier molecular flexibility index (Phi) is 7.28. The van der Waals surface area contributed by atoms with Crippen LogP contribution >= 0.6 is 11.6 Å². The molecule has 1 aromatic rings. The van der Waals surface area contributed by atoms with Crippen LogP contribution in [0.2, 0.25) is 0 Å². The molecule has 3 nitrogen and oxygen atoms in total. The maximum absolute atomic E-state index is 6.09. The Morgan fingerprint density at radius 1 is 1.11 bits per heavy atom. The summed E-state index contributed by atoms with van der Waals surface area (Å²) in [4.78, 5) is 0. The van der Waals surface area contributed by atoms with Crippen molar-refractivity contribution in [2.75, 3.05) is 13.2 Å². The lowest BCUT2D eigenvalue weighted by Gasteiger charge is -2.25. The summed E-state index contributed by atoms with van der Waals surface area (Å²) in [5, 5.41) is 0. The minimum atomic E-state index is -0.448. The molecule has 0 aromatic heterocycles. The molecule has 0 radical (unpaired) electrons. The first-order valence-electron chi connectivity index (χ1n) is 6.36. The van der Waals surface area contributed by atoms with Crippen LogP contribution in [-0.4, -0.2) is 25.0 Å². The molecule has 2 N–H and O–H groups in total. The zero-order valence-corrected chi connectivity index (χ0v) is 11.8. The molecule has 18 heavy (non-hydrogen) atoms. The van der Waals surface area contributed by atoms with Crippen LogP contribution in [0.4, 0.5) is 0 Å². The van der Waals surface area contributed by atoms with Crippen LogP contribution < -0.4 is 5.73 Å². The molecule has 0 bridgehead atoms. The molecule has 0 aliphatic heterocycles. The zero-order chi connectivity index (χ0) is 13.4. The molecule has 0 aliphatic carbocycles. The summed E-state index contributed by atoms with van der Waals surface area (Å²) >= 11 is 6.09. The highest BCUT2D eigenvalue weighted by Crippen LogP contribution is 2.27. The minimum absolute atomic E-state index is 0.0240. The van der Waals surface area contributed by atoms with Crippen LogP contribution in [0.5, 0.6) is 0 Å². The van der Waals surface area contributed by atoms with Gasteiger partial charge in [-0.05, 0) is 19.4 Å². The Morgan fingerprint density at radius 2 is 1.67 bits per heavy atom. The fourth-order valence-corrected chi connectivity index (χ4v) is 2.16. The third-order valence-corrected chi connectivity index (χ3v) is 3.07. The summed E-state index contributed by atoms with van der Waals surface area (Å²) in [6, 6.07) is 10.0. The standard InChI is InChI=1S/C14H22ClNO2/c1-3-17-13(18-4-2)10-12(14(15)16)11-8-6-5-7-9-11/h5-9,12-14H,3-4,10,16H2,1-2H3. The van der Waals surface area contributed by atoms with E-state index in [0.717, 1.165) is 5.56 Å². The van der Waals surface area contributed by atoms with Crippen molar-refractivity contribution in [2.45, 2.75) is 38.0 Å². The van der Waals surface area contributed by atoms with Crippen molar-refractivity contribution >= 4 is 11.6 Å². The number of rotatable bonds is 8. The molecule has 0 fully saturated rings. The average molecular weight is 272 g/mol. The fraction of sp³-hybridized carbons (Fsp3) is 0.571. The molecule has 0 saturated heterocycles. The maximum atomic E-state index is 6.09. The first-order chi connectivity index (χ1) is 8.69. The highest BCUT2D eigenvalue weighted by Gasteiger charge is 2.23. The van der Waals surface area contributed by atoms with Crippen molar-refractivity contribution in [2.24, 2.45) is 5.73 Å². The van der Waals surface area contributed by atoms with Crippen molar-refractivity contribution in [3.63, 3.8) is 0 Å². The molecule has 2 unspecified atom stereocenters. The van der Waals surface area contributed by atoms with E-state index < -0.39 is 5.50 Å². The Labute approximate surface area is 114 Å². The van der Waals surface area contributed by atoms with Crippen LogP contribution in [0, 0.1) is 0 Å². The highest BCUT2D eigenvalue weighted by molar-refractivity contribution is 6.20. The first kappa shape index (κ1) is 15.4. The summed E-state index contributed by atoms with van der Waals surface area (Å²) in [6.07, 6.45) is 0.408. The van der Waals surface area contributed by atoms with Crippen LogP contribution in [0.1, 0.15) is 31.7 Å². The summed E-state index contributed by atoms with van der Waals surface area (Å²) < 4.78 is 11.1. The van der Waals surface area contributed by atoms with Gasteiger partial charge in [0.2, 0.25) is 0 Å². The Hall–Kier alpha value is -0.610. The molecule has 102 valence electrons. The van der Waals surface area contributed by atoms with Gasteiger partial charge in [-0.2, -0.15) is 0 Å². The lowest BCUT2D eigenvalue weighted by atomic mass is 9.95. The van der Waals surface area contributed by atoms with Gasteiger partial charge < -0.3 is 15.2 Å². The van der Waals surface area contributed by atoms with Crippen molar-refractivity contribution in [3.05, 3.63) is 35.9 Å². The smallest absolute Gasteiger partial charge is 0.158 e. The van der Waals surface area contributed by atoms with Crippen molar-refractivity contribution in [1.82, 2.24) is 0 Å². The van der Waals surface area contributed by atoms with Gasteiger partial charge in [0.15, 0.2) is 6.29 Å². The van der Waals surface area contributed by atoms with Gasteiger partial charge in [0.1, 0.15) is 0 Å². The minimum Gasteiger partial charge on any atom is -0.353 e. The summed E-state index contributed by atoms with van der Waals surface area (Å²) in [6.45, 7) is 5.13. The van der Waals surface area contributed by atoms with Crippen LogP contribution in [0.3, 0.4) is 0 Å². The topological polar surface area (TPSA) is 44.5 Å². The van der Waals surface area contributed by atoms with E-state index in [4.69, 9.17) is 26.8 Å². The SMILES string of the molecule is CCOC(CC(c1ccccc1)C(N)Cl)OCC. The number of alkyl halides is 1. The van der Waals surface area contributed by atoms with Gasteiger partial charge >= 0.3 is 0 Å². The maximum Gasteiger partial charge on any atom is 0.158 e. The monoisotopic (exact) mass is 271 g/mol. The fourth-order valence-electron chi connectivity index (χ4n) is 1.91. The molecule has 0 heterocycles. The van der Waals surface area contributed by atoms with Crippen molar-refractivity contribution < 1.29 is 9.47 Å². The second-order valence-electron chi connectivity index (χ2n) is 4.04. The normalized spacial score (nSPS) is 14.7. The van der Waals surface area contributed by atoms with E-state index in [1.54, 1.807) is 0 Å². The van der Waals surface area contributed by atoms with E-state index in [-0.39, 0.29) is 12.2 Å². The molecule has 0 spiro atoms. The third kappa shape index (κ3) is 4.94. The molecular formula is C14H22ClNO2. The molecule has 0 amide bonds. The van der Waals surface area contributed by atoms with Crippen LogP contribution in [0.15, 0.2) is 30.3 Å². The van der Waals surface area contributed by atoms with Gasteiger partial charge in [-0.25, -0.2) is 0 Å². The van der Waals surface area contributed by atoms with Crippen molar-refractivity contribution in [3.8, 4) is 0 Å². The Bertz CT molecular complexity index is 313. The van der Waals surface area contributed by atoms with Crippen LogP contribution in [0.25, 0.3) is 0 Å². The molecule has 1 aromatic carbocycles. The number of nitrogens with two attached hydrogens (primary N) is 1. The third-order valence-electron chi connectivity index (χ3n) is 2.76. The van der Waals surface area contributed by atoms with Gasteiger partial charge in [0.25, 0.3) is 0 Å². The van der Waals surface area contributed by atoms with E-state index in [2.05, 4.69) is 0 Å². The molecule has 0 saturated carbocycles. The molecular weight excluding hydrogens is 250 g/mol. The molecule has 2 atom stereocenters. The predicted octanol–water partition coefficient (Wildman–Crippen LogP) is 3.08. The Balaban J connectivity index is 2.73. The van der Waals surface area contributed by atoms with Gasteiger partial charge in [-0.1, -0.05) is 30.3 Å².